The molecule has 1 amide bonds. The van der Waals surface area contributed by atoms with Crippen LogP contribution in [0.5, 0.6) is 0 Å². The summed E-state index contributed by atoms with van der Waals surface area (Å²) in [5, 5.41) is 0. The normalized spacial score (nSPS) is 15.7. The van der Waals surface area contributed by atoms with Crippen molar-refractivity contribution in [3.63, 3.8) is 0 Å². The van der Waals surface area contributed by atoms with E-state index in [2.05, 4.69) is 28.1 Å². The molecule has 104 valence electrons. The summed E-state index contributed by atoms with van der Waals surface area (Å²) < 4.78 is 6.59. The van der Waals surface area contributed by atoms with E-state index in [4.69, 9.17) is 4.74 Å². The van der Waals surface area contributed by atoms with Gasteiger partial charge < -0.3 is 9.64 Å². The average molecular weight is 326 g/mol. The average Bonchev–Trinajstić information content (AvgIpc) is 2.50. The third-order valence-electron chi connectivity index (χ3n) is 3.08. The van der Waals surface area contributed by atoms with Gasteiger partial charge in [0.2, 0.25) is 0 Å². The second-order valence-electron chi connectivity index (χ2n) is 5.88. The minimum atomic E-state index is -0.441. The van der Waals surface area contributed by atoms with Gasteiger partial charge in [0.1, 0.15) is 5.60 Å². The van der Waals surface area contributed by atoms with Gasteiger partial charge >= 0.3 is 6.09 Å². The SMILES string of the molecule is CC(C)(C)OC(=O)N1CCCc2c(Br)cccc2C1. The lowest BCUT2D eigenvalue weighted by atomic mass is 10.0. The second kappa shape index (κ2) is 5.53. The Hall–Kier alpha value is -1.03. The molecule has 0 atom stereocenters. The fraction of sp³-hybridized carbons (Fsp3) is 0.533. The number of hydrogen-bond acceptors (Lipinski definition) is 2. The highest BCUT2D eigenvalue weighted by molar-refractivity contribution is 9.10. The van der Waals surface area contributed by atoms with E-state index in [9.17, 15) is 4.79 Å². The van der Waals surface area contributed by atoms with Gasteiger partial charge in [0.15, 0.2) is 0 Å². The summed E-state index contributed by atoms with van der Waals surface area (Å²) in [4.78, 5) is 13.9. The van der Waals surface area contributed by atoms with Crippen molar-refractivity contribution in [3.8, 4) is 0 Å². The quantitative estimate of drug-likeness (QED) is 0.717. The third kappa shape index (κ3) is 3.72. The smallest absolute Gasteiger partial charge is 0.410 e. The standard InChI is InChI=1S/C15H20BrNO2/c1-15(2,3)19-14(18)17-9-5-7-12-11(10-17)6-4-8-13(12)16/h4,6,8H,5,7,9-10H2,1-3H3. The van der Waals surface area contributed by atoms with E-state index in [1.165, 1.54) is 11.1 Å². The number of nitrogens with zero attached hydrogens (tertiary/aromatic N) is 1. The van der Waals surface area contributed by atoms with Crippen LogP contribution in [0.15, 0.2) is 22.7 Å². The molecule has 0 saturated heterocycles. The maximum Gasteiger partial charge on any atom is 0.410 e. The first kappa shape index (κ1) is 14.4. The van der Waals surface area contributed by atoms with E-state index < -0.39 is 5.60 Å². The zero-order chi connectivity index (χ0) is 14.0. The van der Waals surface area contributed by atoms with E-state index in [1.54, 1.807) is 4.90 Å². The molecule has 1 aromatic rings. The maximum absolute atomic E-state index is 12.2. The van der Waals surface area contributed by atoms with Crippen molar-refractivity contribution in [3.05, 3.63) is 33.8 Å². The van der Waals surface area contributed by atoms with Crippen molar-refractivity contribution in [1.29, 1.82) is 0 Å². The summed E-state index contributed by atoms with van der Waals surface area (Å²) in [6.45, 7) is 7.06. The number of rotatable bonds is 0. The van der Waals surface area contributed by atoms with Gasteiger partial charge in [0, 0.05) is 17.6 Å². The minimum absolute atomic E-state index is 0.222. The number of amides is 1. The molecule has 1 heterocycles. The molecule has 1 aromatic carbocycles. The molecular formula is C15H20BrNO2. The van der Waals surface area contributed by atoms with Gasteiger partial charge in [-0.25, -0.2) is 4.79 Å². The fourth-order valence-electron chi connectivity index (χ4n) is 2.25. The molecule has 1 aliphatic heterocycles. The molecule has 0 spiro atoms. The van der Waals surface area contributed by atoms with Gasteiger partial charge in [0.05, 0.1) is 0 Å². The Morgan fingerprint density at radius 1 is 1.37 bits per heavy atom. The molecule has 0 radical (unpaired) electrons. The van der Waals surface area contributed by atoms with Crippen LogP contribution < -0.4 is 0 Å². The van der Waals surface area contributed by atoms with Crippen molar-refractivity contribution in [1.82, 2.24) is 4.90 Å². The molecule has 19 heavy (non-hydrogen) atoms. The Bertz CT molecular complexity index is 480. The first-order valence-corrected chi connectivity index (χ1v) is 7.40. The van der Waals surface area contributed by atoms with Crippen molar-refractivity contribution in [2.45, 2.75) is 45.8 Å². The first-order valence-electron chi connectivity index (χ1n) is 6.61. The Morgan fingerprint density at radius 3 is 2.79 bits per heavy atom. The molecular weight excluding hydrogens is 306 g/mol. The predicted molar refractivity (Wildman–Crippen MR) is 79.1 cm³/mol. The van der Waals surface area contributed by atoms with Crippen LogP contribution in [0.2, 0.25) is 0 Å². The number of carbonyl (C=O) groups excluding carboxylic acids is 1. The number of hydrogen-bond donors (Lipinski definition) is 0. The van der Waals surface area contributed by atoms with E-state index in [1.807, 2.05) is 26.8 Å². The van der Waals surface area contributed by atoms with Crippen molar-refractivity contribution < 1.29 is 9.53 Å². The van der Waals surface area contributed by atoms with Crippen LogP contribution in [-0.2, 0) is 17.7 Å². The zero-order valence-electron chi connectivity index (χ0n) is 11.7. The summed E-state index contributed by atoms with van der Waals surface area (Å²) in [6, 6.07) is 6.16. The van der Waals surface area contributed by atoms with Gasteiger partial charge in [-0.3, -0.25) is 0 Å². The van der Waals surface area contributed by atoms with Gasteiger partial charge in [-0.15, -0.1) is 0 Å². The van der Waals surface area contributed by atoms with Crippen LogP contribution in [0.1, 0.15) is 38.3 Å². The highest BCUT2D eigenvalue weighted by Crippen LogP contribution is 2.26. The molecule has 0 N–H and O–H groups in total. The molecule has 4 heteroatoms. The summed E-state index contributed by atoms with van der Waals surface area (Å²) in [5.74, 6) is 0. The van der Waals surface area contributed by atoms with Gasteiger partial charge in [-0.2, -0.15) is 0 Å². The lowest BCUT2D eigenvalue weighted by Gasteiger charge is -2.26. The molecule has 2 rings (SSSR count). The van der Waals surface area contributed by atoms with Gasteiger partial charge in [-0.1, -0.05) is 28.1 Å². The van der Waals surface area contributed by atoms with Crippen LogP contribution in [0.25, 0.3) is 0 Å². The van der Waals surface area contributed by atoms with E-state index in [0.717, 1.165) is 23.9 Å². The highest BCUT2D eigenvalue weighted by atomic mass is 79.9. The zero-order valence-corrected chi connectivity index (χ0v) is 13.3. The molecule has 0 aromatic heterocycles. The third-order valence-corrected chi connectivity index (χ3v) is 3.83. The Morgan fingerprint density at radius 2 is 2.11 bits per heavy atom. The molecule has 0 fully saturated rings. The van der Waals surface area contributed by atoms with Gasteiger partial charge in [-0.05, 0) is 50.8 Å². The van der Waals surface area contributed by atoms with E-state index in [-0.39, 0.29) is 6.09 Å². The number of benzene rings is 1. The molecule has 0 bridgehead atoms. The largest absolute Gasteiger partial charge is 0.444 e. The molecule has 0 unspecified atom stereocenters. The van der Waals surface area contributed by atoms with Crippen molar-refractivity contribution in [2.24, 2.45) is 0 Å². The van der Waals surface area contributed by atoms with E-state index in [0.29, 0.717) is 6.54 Å². The molecule has 0 aliphatic carbocycles. The highest BCUT2D eigenvalue weighted by Gasteiger charge is 2.24. The lowest BCUT2D eigenvalue weighted by Crippen LogP contribution is -2.36. The van der Waals surface area contributed by atoms with Crippen LogP contribution in [0, 0.1) is 0 Å². The number of halogens is 1. The number of carbonyl (C=O) groups is 1. The molecule has 0 saturated carbocycles. The molecule has 3 nitrogen and oxygen atoms in total. The summed E-state index contributed by atoms with van der Waals surface area (Å²) in [5.41, 5.74) is 2.08. The van der Waals surface area contributed by atoms with Crippen LogP contribution in [-0.4, -0.2) is 23.1 Å². The van der Waals surface area contributed by atoms with Gasteiger partial charge in [0.25, 0.3) is 0 Å². The van der Waals surface area contributed by atoms with E-state index >= 15 is 0 Å². The second-order valence-corrected chi connectivity index (χ2v) is 6.74. The molecule has 1 aliphatic rings. The Labute approximate surface area is 123 Å². The number of fused-ring (bicyclic) bond motifs is 1. The maximum atomic E-state index is 12.2. The predicted octanol–water partition coefficient (Wildman–Crippen LogP) is 4.13. The van der Waals surface area contributed by atoms with Crippen LogP contribution >= 0.6 is 15.9 Å². The minimum Gasteiger partial charge on any atom is -0.444 e. The first-order chi connectivity index (χ1) is 8.87. The lowest BCUT2D eigenvalue weighted by molar-refractivity contribution is 0.0237. The Balaban J connectivity index is 2.16. The fourth-order valence-corrected chi connectivity index (χ4v) is 2.85. The topological polar surface area (TPSA) is 29.5 Å². The summed E-state index contributed by atoms with van der Waals surface area (Å²) >= 11 is 3.59. The van der Waals surface area contributed by atoms with Crippen molar-refractivity contribution in [2.75, 3.05) is 6.54 Å². The van der Waals surface area contributed by atoms with Crippen molar-refractivity contribution >= 4 is 22.0 Å². The summed E-state index contributed by atoms with van der Waals surface area (Å²) in [7, 11) is 0. The van der Waals surface area contributed by atoms with Crippen LogP contribution in [0.3, 0.4) is 0 Å². The van der Waals surface area contributed by atoms with Crippen LogP contribution in [0.4, 0.5) is 4.79 Å². The Kier molecular flexibility index (Phi) is 4.19. The monoisotopic (exact) mass is 325 g/mol. The summed E-state index contributed by atoms with van der Waals surface area (Å²) in [6.07, 6.45) is 1.74. The number of ether oxygens (including phenoxy) is 1.